The topological polar surface area (TPSA) is 40.5 Å². The van der Waals surface area contributed by atoms with Crippen molar-refractivity contribution in [1.82, 2.24) is 0 Å². The van der Waals surface area contributed by atoms with Crippen LogP contribution in [0.4, 0.5) is 36.4 Å². The van der Waals surface area contributed by atoms with E-state index in [4.69, 9.17) is 0 Å². The Labute approximate surface area is 202 Å². The monoisotopic (exact) mass is 513 g/mol. The minimum atomic E-state index is -6.32. The molecule has 3 nitrogen and oxygen atoms in total. The summed E-state index contributed by atoms with van der Waals surface area (Å²) in [5.41, 5.74) is -10.00. The van der Waals surface area contributed by atoms with E-state index >= 15 is 4.39 Å². The van der Waals surface area contributed by atoms with Crippen LogP contribution in [0.2, 0.25) is 0 Å². The van der Waals surface area contributed by atoms with Crippen LogP contribution in [0.3, 0.4) is 0 Å². The predicted molar refractivity (Wildman–Crippen MR) is 120 cm³/mol. The fourth-order valence-electron chi connectivity index (χ4n) is 5.15. The van der Waals surface area contributed by atoms with E-state index in [1.54, 1.807) is 19.9 Å². The molecule has 2 aromatic carbocycles. The Morgan fingerprint density at radius 2 is 1.42 bits per heavy atom. The first-order valence-electron chi connectivity index (χ1n) is 11.0. The number of halogens is 7. The van der Waals surface area contributed by atoms with Crippen LogP contribution in [0, 0.1) is 0 Å². The van der Waals surface area contributed by atoms with E-state index in [0.717, 1.165) is 6.08 Å². The van der Waals surface area contributed by atoms with Crippen LogP contribution in [0.15, 0.2) is 72.6 Å². The van der Waals surface area contributed by atoms with Gasteiger partial charge in [-0.25, -0.2) is 4.39 Å². The average molecular weight is 513 g/mol. The minimum absolute atomic E-state index is 0.217. The van der Waals surface area contributed by atoms with Crippen LogP contribution >= 0.6 is 0 Å². The molecule has 0 bridgehead atoms. The van der Waals surface area contributed by atoms with Gasteiger partial charge in [0.2, 0.25) is 5.91 Å². The molecular weight excluding hydrogens is 491 g/mol. The number of hydrogen-bond donors (Lipinski definition) is 1. The number of allylic oxidation sites excluding steroid dienone is 2. The summed E-state index contributed by atoms with van der Waals surface area (Å²) in [6.45, 7) is 3.25. The molecule has 192 valence electrons. The number of rotatable bonds is 3. The molecule has 1 unspecified atom stereocenters. The lowest BCUT2D eigenvalue weighted by Gasteiger charge is -2.55. The van der Waals surface area contributed by atoms with Crippen LogP contribution in [0.5, 0.6) is 0 Å². The van der Waals surface area contributed by atoms with Gasteiger partial charge in [-0.2, -0.15) is 26.3 Å². The second-order valence-electron chi connectivity index (χ2n) is 9.63. The first-order valence-corrected chi connectivity index (χ1v) is 11.0. The van der Waals surface area contributed by atoms with Gasteiger partial charge in [0.25, 0.3) is 5.60 Å². The molecule has 0 fully saturated rings. The summed E-state index contributed by atoms with van der Waals surface area (Å²) in [7, 11) is 0. The highest BCUT2D eigenvalue weighted by Crippen LogP contribution is 2.58. The van der Waals surface area contributed by atoms with E-state index in [9.17, 15) is 36.2 Å². The number of benzene rings is 2. The molecule has 1 heterocycles. The molecule has 1 N–H and O–H groups in total. The molecule has 10 heteroatoms. The van der Waals surface area contributed by atoms with Crippen LogP contribution < -0.4 is 4.90 Å². The Kier molecular flexibility index (Phi) is 5.90. The van der Waals surface area contributed by atoms with Crippen molar-refractivity contribution in [3.8, 4) is 0 Å². The van der Waals surface area contributed by atoms with E-state index < -0.39 is 53.5 Å². The zero-order valence-electron chi connectivity index (χ0n) is 19.2. The highest BCUT2D eigenvalue weighted by Gasteiger charge is 2.81. The third-order valence-electron chi connectivity index (χ3n) is 6.89. The van der Waals surface area contributed by atoms with Crippen molar-refractivity contribution >= 4 is 17.2 Å². The van der Waals surface area contributed by atoms with Crippen LogP contribution in [-0.4, -0.2) is 34.5 Å². The largest absolute Gasteiger partial charge is 0.429 e. The molecular formula is C26H22F7NO2. The predicted octanol–water partition coefficient (Wildman–Crippen LogP) is 6.64. The maximum atomic E-state index is 15.6. The number of fused-ring (bicyclic) bond motifs is 1. The van der Waals surface area contributed by atoms with E-state index in [-0.39, 0.29) is 21.7 Å². The van der Waals surface area contributed by atoms with Crippen molar-refractivity contribution in [1.29, 1.82) is 0 Å². The zero-order valence-corrected chi connectivity index (χ0v) is 19.2. The molecule has 0 radical (unpaired) electrons. The van der Waals surface area contributed by atoms with E-state index in [2.05, 4.69) is 0 Å². The van der Waals surface area contributed by atoms with Crippen LogP contribution in [-0.2, 0) is 10.2 Å². The van der Waals surface area contributed by atoms with Crippen molar-refractivity contribution in [3.63, 3.8) is 0 Å². The number of alkyl halides is 6. The number of nitrogens with zero attached hydrogens (tertiary/aromatic N) is 1. The lowest BCUT2D eigenvalue weighted by Crippen LogP contribution is -2.77. The highest BCUT2D eigenvalue weighted by atomic mass is 19.4. The number of para-hydroxylation sites is 1. The summed E-state index contributed by atoms with van der Waals surface area (Å²) in [5, 5.41) is 10.7. The summed E-state index contributed by atoms with van der Waals surface area (Å²) in [4.78, 5) is 13.6. The van der Waals surface area contributed by atoms with Crippen LogP contribution in [0.1, 0.15) is 37.8 Å². The Hall–Kier alpha value is -3.14. The fraction of sp³-hybridized carbons (Fsp3) is 0.346. The maximum absolute atomic E-state index is 15.6. The summed E-state index contributed by atoms with van der Waals surface area (Å²) >= 11 is 0. The van der Waals surface area contributed by atoms with Gasteiger partial charge in [0.15, 0.2) is 0 Å². The Morgan fingerprint density at radius 3 is 1.97 bits per heavy atom. The van der Waals surface area contributed by atoms with Gasteiger partial charge < -0.3 is 5.11 Å². The number of carbonyl (C=O) groups is 1. The van der Waals surface area contributed by atoms with Gasteiger partial charge in [-0.1, -0.05) is 74.5 Å². The zero-order chi connectivity index (χ0) is 26.7. The lowest BCUT2D eigenvalue weighted by atomic mass is 9.67. The molecule has 0 saturated carbocycles. The van der Waals surface area contributed by atoms with Crippen molar-refractivity contribution in [2.75, 3.05) is 4.90 Å². The molecule has 1 aliphatic carbocycles. The van der Waals surface area contributed by atoms with Gasteiger partial charge in [0, 0.05) is 29.5 Å². The average Bonchev–Trinajstić information content (AvgIpc) is 2.77. The van der Waals surface area contributed by atoms with Gasteiger partial charge in [-0.3, -0.25) is 9.69 Å². The summed E-state index contributed by atoms with van der Waals surface area (Å²) in [5.74, 6) is -2.43. The quantitative estimate of drug-likeness (QED) is 0.468. The Morgan fingerprint density at radius 1 is 0.861 bits per heavy atom. The fourth-order valence-corrected chi connectivity index (χ4v) is 5.15. The van der Waals surface area contributed by atoms with Crippen molar-refractivity contribution in [3.05, 3.63) is 83.7 Å². The second-order valence-corrected chi connectivity index (χ2v) is 9.63. The third kappa shape index (κ3) is 3.65. The smallest absolute Gasteiger partial charge is 0.372 e. The molecule has 0 aromatic heterocycles. The van der Waals surface area contributed by atoms with E-state index in [0.29, 0.717) is 11.6 Å². The summed E-state index contributed by atoms with van der Waals surface area (Å²) < 4.78 is 101. The minimum Gasteiger partial charge on any atom is -0.372 e. The first-order chi connectivity index (χ1) is 16.6. The standard InChI is InChI=1S/C26H22F7NO2/c1-22(2)15-21(35)34(20-11-7-6-10-18(20)22)23(24(36,25(28,29)30)26(31,32)33)13-12-17(19(27)14-23)16-8-4-3-5-9-16/h3-13,36H,14-15H2,1-2H3. The van der Waals surface area contributed by atoms with Crippen molar-refractivity contribution < 1.29 is 40.6 Å². The number of carbonyl (C=O) groups excluding carboxylic acids is 1. The highest BCUT2D eigenvalue weighted by molar-refractivity contribution is 6.00. The van der Waals surface area contributed by atoms with Gasteiger partial charge in [-0.05, 0) is 17.2 Å². The van der Waals surface area contributed by atoms with Gasteiger partial charge in [-0.15, -0.1) is 0 Å². The molecule has 0 saturated heterocycles. The maximum Gasteiger partial charge on any atom is 0.429 e. The summed E-state index contributed by atoms with van der Waals surface area (Å²) in [6, 6.07) is 13.1. The number of aliphatic hydroxyl groups is 1. The third-order valence-corrected chi connectivity index (χ3v) is 6.89. The summed E-state index contributed by atoms with van der Waals surface area (Å²) in [6.07, 6.45) is -13.4. The SMILES string of the molecule is CC1(C)CC(=O)N(C2(C(O)(C(F)(F)F)C(F)(F)F)C=CC(c3ccccc3)=C(F)C2)c2ccccc21. The van der Waals surface area contributed by atoms with E-state index in [1.807, 2.05) is 0 Å². The van der Waals surface area contributed by atoms with Crippen molar-refractivity contribution in [2.45, 2.75) is 55.6 Å². The number of amides is 1. The first kappa shape index (κ1) is 25.9. The molecule has 1 amide bonds. The normalized spacial score (nSPS) is 22.6. The van der Waals surface area contributed by atoms with Crippen LogP contribution in [0.25, 0.3) is 5.57 Å². The van der Waals surface area contributed by atoms with Gasteiger partial charge >= 0.3 is 12.4 Å². The Bertz CT molecular complexity index is 1230. The molecule has 1 atom stereocenters. The number of hydrogen-bond acceptors (Lipinski definition) is 2. The lowest BCUT2D eigenvalue weighted by molar-refractivity contribution is -0.383. The molecule has 2 aromatic rings. The molecule has 1 aliphatic heterocycles. The molecule has 36 heavy (non-hydrogen) atoms. The molecule has 0 spiro atoms. The number of anilines is 1. The molecule has 4 rings (SSSR count). The van der Waals surface area contributed by atoms with Crippen molar-refractivity contribution in [2.24, 2.45) is 0 Å². The van der Waals surface area contributed by atoms with Gasteiger partial charge in [0.1, 0.15) is 11.4 Å². The molecule has 2 aliphatic rings. The Balaban J connectivity index is 2.05. The second kappa shape index (κ2) is 8.19. The van der Waals surface area contributed by atoms with Gasteiger partial charge in [0.05, 0.1) is 0 Å². The van der Waals surface area contributed by atoms with E-state index in [1.165, 1.54) is 48.5 Å².